The van der Waals surface area contributed by atoms with Crippen LogP contribution in [0.25, 0.3) is 16.7 Å². The SMILES string of the molecule is CCC(Cc1nccc(-n2ccc3c(OCCCS(C)(=O)=O)cccc32)n1)C1CCC(C(=O)N2CCC(C)(C(=O)O)CC2)CC1. The van der Waals surface area contributed by atoms with Crippen molar-refractivity contribution in [3.05, 3.63) is 48.5 Å². The Kier molecular flexibility index (Phi) is 10.2. The molecule has 1 N–H and O–H groups in total. The molecular weight excluding hydrogens is 592 g/mol. The highest BCUT2D eigenvalue weighted by Crippen LogP contribution is 2.38. The lowest BCUT2D eigenvalue weighted by Crippen LogP contribution is -2.47. The average molecular weight is 639 g/mol. The summed E-state index contributed by atoms with van der Waals surface area (Å²) in [5.74, 6) is 2.81. The summed E-state index contributed by atoms with van der Waals surface area (Å²) in [4.78, 5) is 36.3. The van der Waals surface area contributed by atoms with Gasteiger partial charge in [0.05, 0.1) is 23.3 Å². The molecule has 5 rings (SSSR count). The zero-order valence-electron chi connectivity index (χ0n) is 26.7. The molecule has 1 atom stereocenters. The molecule has 0 radical (unpaired) electrons. The minimum Gasteiger partial charge on any atom is -0.493 e. The third-order valence-electron chi connectivity index (χ3n) is 10.00. The van der Waals surface area contributed by atoms with Gasteiger partial charge in [-0.3, -0.25) is 9.59 Å². The molecule has 1 amide bonds. The first-order valence-electron chi connectivity index (χ1n) is 16.2. The fourth-order valence-corrected chi connectivity index (χ4v) is 7.64. The predicted octanol–water partition coefficient (Wildman–Crippen LogP) is 5.32. The van der Waals surface area contributed by atoms with Gasteiger partial charge in [-0.15, -0.1) is 0 Å². The highest BCUT2D eigenvalue weighted by atomic mass is 32.2. The minimum absolute atomic E-state index is 0.0306. The first-order chi connectivity index (χ1) is 21.5. The molecule has 1 saturated heterocycles. The van der Waals surface area contributed by atoms with E-state index in [4.69, 9.17) is 9.72 Å². The van der Waals surface area contributed by atoms with E-state index in [9.17, 15) is 23.1 Å². The summed E-state index contributed by atoms with van der Waals surface area (Å²) in [6.07, 6.45) is 12.0. The highest BCUT2D eigenvalue weighted by molar-refractivity contribution is 7.90. The number of carbonyl (C=O) groups is 2. The molecule has 1 saturated carbocycles. The Hall–Kier alpha value is -3.47. The number of fused-ring (bicyclic) bond motifs is 1. The normalized spacial score (nSPS) is 21.0. The number of amides is 1. The number of benzene rings is 1. The molecule has 3 aromatic rings. The lowest BCUT2D eigenvalue weighted by molar-refractivity contribution is -0.154. The third kappa shape index (κ3) is 7.85. The number of carboxylic acid groups (broad SMARTS) is 1. The molecule has 45 heavy (non-hydrogen) atoms. The molecule has 2 fully saturated rings. The van der Waals surface area contributed by atoms with E-state index in [1.54, 1.807) is 6.92 Å². The number of rotatable bonds is 12. The Bertz CT molecular complexity index is 1600. The second-order valence-corrected chi connectivity index (χ2v) is 15.5. The van der Waals surface area contributed by atoms with Crippen molar-refractivity contribution in [2.24, 2.45) is 23.2 Å². The van der Waals surface area contributed by atoms with Crippen LogP contribution in [0.4, 0.5) is 0 Å². The van der Waals surface area contributed by atoms with Crippen LogP contribution >= 0.6 is 0 Å². The van der Waals surface area contributed by atoms with E-state index in [-0.39, 0.29) is 17.6 Å². The van der Waals surface area contributed by atoms with Gasteiger partial charge in [0.2, 0.25) is 5.91 Å². The monoisotopic (exact) mass is 638 g/mol. The molecule has 10 nitrogen and oxygen atoms in total. The van der Waals surface area contributed by atoms with Gasteiger partial charge in [-0.2, -0.15) is 0 Å². The first kappa shape index (κ1) is 32.9. The van der Waals surface area contributed by atoms with E-state index in [0.717, 1.165) is 61.1 Å². The summed E-state index contributed by atoms with van der Waals surface area (Å²) in [7, 11) is -3.02. The number of likely N-dealkylation sites (tertiary alicyclic amines) is 1. The van der Waals surface area contributed by atoms with Crippen molar-refractivity contribution in [2.75, 3.05) is 31.7 Å². The molecule has 1 unspecified atom stereocenters. The minimum atomic E-state index is -3.02. The second kappa shape index (κ2) is 13.9. The van der Waals surface area contributed by atoms with Gasteiger partial charge < -0.3 is 19.3 Å². The van der Waals surface area contributed by atoms with E-state index in [1.807, 2.05) is 52.2 Å². The second-order valence-electron chi connectivity index (χ2n) is 13.2. The van der Waals surface area contributed by atoms with Crippen LogP contribution < -0.4 is 4.74 Å². The summed E-state index contributed by atoms with van der Waals surface area (Å²) in [6.45, 7) is 5.39. The van der Waals surface area contributed by atoms with Crippen LogP contribution in [0.15, 0.2) is 42.7 Å². The topological polar surface area (TPSA) is 132 Å². The van der Waals surface area contributed by atoms with E-state index in [0.29, 0.717) is 56.5 Å². The Morgan fingerprint density at radius 1 is 1.11 bits per heavy atom. The summed E-state index contributed by atoms with van der Waals surface area (Å²) >= 11 is 0. The Balaban J connectivity index is 1.19. The summed E-state index contributed by atoms with van der Waals surface area (Å²) in [5.41, 5.74) is 0.230. The van der Waals surface area contributed by atoms with E-state index >= 15 is 0 Å². The summed E-state index contributed by atoms with van der Waals surface area (Å²) in [5, 5.41) is 10.5. The molecule has 1 aliphatic carbocycles. The van der Waals surface area contributed by atoms with Crippen molar-refractivity contribution in [1.29, 1.82) is 0 Å². The fourth-order valence-electron chi connectivity index (χ4n) is 7.00. The van der Waals surface area contributed by atoms with Gasteiger partial charge in [0.15, 0.2) is 0 Å². The van der Waals surface area contributed by atoms with Crippen LogP contribution in [0.3, 0.4) is 0 Å². The van der Waals surface area contributed by atoms with E-state index in [2.05, 4.69) is 11.9 Å². The zero-order valence-corrected chi connectivity index (χ0v) is 27.5. The maximum absolute atomic E-state index is 13.3. The van der Waals surface area contributed by atoms with Gasteiger partial charge in [0.25, 0.3) is 0 Å². The number of aliphatic carboxylic acids is 1. The zero-order chi connectivity index (χ0) is 32.2. The molecule has 1 aliphatic heterocycles. The molecule has 244 valence electrons. The molecule has 3 heterocycles. The summed E-state index contributed by atoms with van der Waals surface area (Å²) < 4.78 is 30.9. The van der Waals surface area contributed by atoms with Crippen LogP contribution in [0.1, 0.15) is 71.0 Å². The molecule has 11 heteroatoms. The largest absolute Gasteiger partial charge is 0.493 e. The number of aromatic nitrogens is 3. The number of carbonyl (C=O) groups excluding carboxylic acids is 1. The number of ether oxygens (including phenoxy) is 1. The third-order valence-corrected chi connectivity index (χ3v) is 11.0. The predicted molar refractivity (Wildman–Crippen MR) is 173 cm³/mol. The number of nitrogens with zero attached hydrogens (tertiary/aromatic N) is 4. The molecule has 0 spiro atoms. The number of hydrogen-bond acceptors (Lipinski definition) is 7. The number of piperidine rings is 1. The van der Waals surface area contributed by atoms with Crippen LogP contribution in [0, 0.1) is 23.2 Å². The molecule has 0 bridgehead atoms. The van der Waals surface area contributed by atoms with Crippen molar-refractivity contribution in [3.8, 4) is 11.6 Å². The van der Waals surface area contributed by atoms with Crippen molar-refractivity contribution in [1.82, 2.24) is 19.4 Å². The highest BCUT2D eigenvalue weighted by Gasteiger charge is 2.40. The number of hydrogen-bond donors (Lipinski definition) is 1. The van der Waals surface area contributed by atoms with Gasteiger partial charge in [-0.05, 0) is 88.0 Å². The van der Waals surface area contributed by atoms with Crippen LogP contribution in [-0.4, -0.2) is 76.5 Å². The smallest absolute Gasteiger partial charge is 0.309 e. The van der Waals surface area contributed by atoms with Crippen LogP contribution in [0.2, 0.25) is 0 Å². The quantitative estimate of drug-likeness (QED) is 0.264. The molecule has 2 aromatic heterocycles. The van der Waals surface area contributed by atoms with Crippen LogP contribution in [-0.2, 0) is 25.8 Å². The molecule has 2 aliphatic rings. The van der Waals surface area contributed by atoms with Gasteiger partial charge in [-0.25, -0.2) is 18.4 Å². The van der Waals surface area contributed by atoms with Crippen molar-refractivity contribution >= 4 is 32.6 Å². The molecule has 1 aromatic carbocycles. The van der Waals surface area contributed by atoms with Crippen molar-refractivity contribution < 1.29 is 27.9 Å². The fraction of sp³-hybridized carbons (Fsp3) is 0.588. The van der Waals surface area contributed by atoms with Gasteiger partial charge in [0, 0.05) is 49.5 Å². The first-order valence-corrected chi connectivity index (χ1v) is 18.3. The average Bonchev–Trinajstić information content (AvgIpc) is 3.47. The Morgan fingerprint density at radius 3 is 2.51 bits per heavy atom. The van der Waals surface area contributed by atoms with Gasteiger partial charge in [-0.1, -0.05) is 19.4 Å². The lowest BCUT2D eigenvalue weighted by Gasteiger charge is -2.39. The lowest BCUT2D eigenvalue weighted by atomic mass is 9.73. The number of sulfone groups is 1. The molecular formula is C34H46N4O6S. The van der Waals surface area contributed by atoms with E-state index in [1.165, 1.54) is 6.26 Å². The van der Waals surface area contributed by atoms with Crippen molar-refractivity contribution in [3.63, 3.8) is 0 Å². The maximum atomic E-state index is 13.3. The maximum Gasteiger partial charge on any atom is 0.309 e. The Morgan fingerprint density at radius 2 is 1.84 bits per heavy atom. The van der Waals surface area contributed by atoms with Gasteiger partial charge in [0.1, 0.15) is 27.2 Å². The van der Waals surface area contributed by atoms with Gasteiger partial charge >= 0.3 is 5.97 Å². The summed E-state index contributed by atoms with van der Waals surface area (Å²) in [6, 6.07) is 9.74. The van der Waals surface area contributed by atoms with E-state index < -0.39 is 21.2 Å². The number of carboxylic acids is 1. The van der Waals surface area contributed by atoms with Crippen LogP contribution in [0.5, 0.6) is 5.75 Å². The standard InChI is InChI=1S/C34H46N4O6S/c1-4-24(25-9-11-26(12-10-25)32(39)37-19-15-34(2,16-20-37)33(40)41)23-30-35-17-13-31(36-30)38-18-14-27-28(38)7-5-8-29(27)44-21-6-22-45(3,42)43/h5,7-8,13-14,17-18,24-26H,4,6,9-12,15-16,19-23H2,1-3H3,(H,40,41). The van der Waals surface area contributed by atoms with Crippen molar-refractivity contribution in [2.45, 2.75) is 71.6 Å². The Labute approximate surface area is 266 Å².